The summed E-state index contributed by atoms with van der Waals surface area (Å²) in [6.07, 6.45) is 1.46. The number of carbonyl (C=O) groups excluding carboxylic acids is 2. The second-order valence-electron chi connectivity index (χ2n) is 8.93. The zero-order chi connectivity index (χ0) is 23.5. The molecule has 0 bridgehead atoms. The number of nitrogens with one attached hydrogen (secondary N) is 1. The van der Waals surface area contributed by atoms with E-state index in [9.17, 15) is 19.5 Å². The van der Waals surface area contributed by atoms with Gasteiger partial charge in [0.15, 0.2) is 0 Å². The number of alkyl carbamates (subject to hydrolysis) is 1. The minimum atomic E-state index is -0.979. The summed E-state index contributed by atoms with van der Waals surface area (Å²) in [5.41, 5.74) is 4.58. The van der Waals surface area contributed by atoms with Crippen LogP contribution in [0.5, 0.6) is 0 Å². The van der Waals surface area contributed by atoms with Gasteiger partial charge >= 0.3 is 12.1 Å². The Bertz CT molecular complexity index is 1010. The quantitative estimate of drug-likeness (QED) is 0.693. The van der Waals surface area contributed by atoms with Crippen LogP contribution in [-0.4, -0.2) is 53.2 Å². The largest absolute Gasteiger partial charge is 0.480 e. The van der Waals surface area contributed by atoms with Crippen molar-refractivity contribution in [3.8, 4) is 11.1 Å². The molecule has 1 aliphatic carbocycles. The van der Waals surface area contributed by atoms with E-state index in [1.807, 2.05) is 24.3 Å². The van der Waals surface area contributed by atoms with E-state index in [1.165, 1.54) is 4.90 Å². The van der Waals surface area contributed by atoms with Gasteiger partial charge in [0, 0.05) is 18.5 Å². The third-order valence-electron chi connectivity index (χ3n) is 6.90. The highest BCUT2D eigenvalue weighted by atomic mass is 16.5. The summed E-state index contributed by atoms with van der Waals surface area (Å²) in [5.74, 6) is -1.84. The molecule has 1 aliphatic heterocycles. The first-order valence-corrected chi connectivity index (χ1v) is 11.5. The van der Waals surface area contributed by atoms with Crippen LogP contribution in [0, 0.1) is 5.92 Å². The molecule has 0 saturated carbocycles. The zero-order valence-corrected chi connectivity index (χ0v) is 19.0. The summed E-state index contributed by atoms with van der Waals surface area (Å²) < 4.78 is 5.58. The van der Waals surface area contributed by atoms with Crippen molar-refractivity contribution in [1.82, 2.24) is 10.2 Å². The maximum absolute atomic E-state index is 12.9. The van der Waals surface area contributed by atoms with E-state index in [2.05, 4.69) is 29.6 Å². The summed E-state index contributed by atoms with van der Waals surface area (Å²) >= 11 is 0. The van der Waals surface area contributed by atoms with Crippen LogP contribution in [0.2, 0.25) is 0 Å². The fourth-order valence-electron chi connectivity index (χ4n) is 4.88. The third-order valence-corrected chi connectivity index (χ3v) is 6.90. The molecule has 0 spiro atoms. The van der Waals surface area contributed by atoms with E-state index in [-0.39, 0.29) is 18.4 Å². The first kappa shape index (κ1) is 22.8. The summed E-state index contributed by atoms with van der Waals surface area (Å²) in [4.78, 5) is 38.5. The Morgan fingerprint density at radius 1 is 1.03 bits per heavy atom. The van der Waals surface area contributed by atoms with Gasteiger partial charge < -0.3 is 20.1 Å². The van der Waals surface area contributed by atoms with Crippen LogP contribution in [0.25, 0.3) is 11.1 Å². The number of benzene rings is 2. The molecule has 1 fully saturated rings. The monoisotopic (exact) mass is 450 g/mol. The maximum atomic E-state index is 12.9. The highest BCUT2D eigenvalue weighted by molar-refractivity contribution is 5.86. The number of rotatable bonds is 6. The van der Waals surface area contributed by atoms with Gasteiger partial charge in [-0.3, -0.25) is 4.79 Å². The molecular formula is C26H30N2O5. The van der Waals surface area contributed by atoms with Crippen molar-refractivity contribution in [3.63, 3.8) is 0 Å². The second kappa shape index (κ2) is 9.65. The number of carboxylic acid groups (broad SMARTS) is 1. The first-order chi connectivity index (χ1) is 15.9. The molecule has 2 amide bonds. The molecule has 0 radical (unpaired) electrons. The number of amides is 2. The van der Waals surface area contributed by atoms with E-state index in [1.54, 1.807) is 13.8 Å². The number of carbonyl (C=O) groups is 3. The van der Waals surface area contributed by atoms with Gasteiger partial charge in [-0.1, -0.05) is 55.5 Å². The van der Waals surface area contributed by atoms with Crippen LogP contribution in [0.4, 0.5) is 4.79 Å². The number of hydrogen-bond donors (Lipinski definition) is 2. The number of aliphatic carboxylic acids is 1. The zero-order valence-electron chi connectivity index (χ0n) is 19.0. The predicted molar refractivity (Wildman–Crippen MR) is 124 cm³/mol. The second-order valence-corrected chi connectivity index (χ2v) is 8.93. The van der Waals surface area contributed by atoms with Crippen molar-refractivity contribution in [2.45, 2.75) is 51.1 Å². The lowest BCUT2D eigenvalue weighted by molar-refractivity contribution is -0.154. The van der Waals surface area contributed by atoms with Crippen molar-refractivity contribution < 1.29 is 24.2 Å². The van der Waals surface area contributed by atoms with Crippen LogP contribution in [-0.2, 0) is 14.3 Å². The third kappa shape index (κ3) is 4.58. The lowest BCUT2D eigenvalue weighted by Gasteiger charge is -2.36. The van der Waals surface area contributed by atoms with Crippen LogP contribution >= 0.6 is 0 Å². The van der Waals surface area contributed by atoms with Crippen molar-refractivity contribution >= 4 is 18.0 Å². The molecule has 2 unspecified atom stereocenters. The molecule has 7 heteroatoms. The SMILES string of the molecule is CC(NC(=O)OCC1c2ccccc2-c2ccccc21)C(C)C(=O)N1CCCC[C@H]1C(=O)O. The van der Waals surface area contributed by atoms with Gasteiger partial charge in [0.2, 0.25) is 5.91 Å². The fourth-order valence-corrected chi connectivity index (χ4v) is 4.88. The Morgan fingerprint density at radius 3 is 2.24 bits per heavy atom. The number of likely N-dealkylation sites (tertiary alicyclic amines) is 1. The highest BCUT2D eigenvalue weighted by Gasteiger charge is 2.36. The fraction of sp³-hybridized carbons (Fsp3) is 0.423. The van der Waals surface area contributed by atoms with Crippen molar-refractivity contribution in [2.24, 2.45) is 5.92 Å². The Kier molecular flexibility index (Phi) is 6.67. The van der Waals surface area contributed by atoms with E-state index in [0.717, 1.165) is 35.1 Å². The number of fused-ring (bicyclic) bond motifs is 3. The standard InChI is InChI=1S/C26H30N2O5/c1-16(24(29)28-14-8-7-13-23(28)25(30)31)17(2)27-26(32)33-15-22-20-11-5-3-9-18(20)19-10-4-6-12-21(19)22/h3-6,9-12,16-17,22-23H,7-8,13-15H2,1-2H3,(H,27,32)(H,30,31)/t16?,17?,23-/m0/s1. The number of hydrogen-bond acceptors (Lipinski definition) is 4. The van der Waals surface area contributed by atoms with Crippen molar-refractivity contribution in [3.05, 3.63) is 59.7 Å². The van der Waals surface area contributed by atoms with Gasteiger partial charge in [-0.25, -0.2) is 9.59 Å². The van der Waals surface area contributed by atoms with Gasteiger partial charge in [-0.05, 0) is 48.4 Å². The van der Waals surface area contributed by atoms with Gasteiger partial charge in [0.05, 0.1) is 5.92 Å². The lowest BCUT2D eigenvalue weighted by Crippen LogP contribution is -2.53. The van der Waals surface area contributed by atoms with E-state index in [0.29, 0.717) is 13.0 Å². The summed E-state index contributed by atoms with van der Waals surface area (Å²) in [6, 6.07) is 15.0. The van der Waals surface area contributed by atoms with Gasteiger partial charge in [-0.2, -0.15) is 0 Å². The predicted octanol–water partition coefficient (Wildman–Crippen LogP) is 4.02. The molecule has 7 nitrogen and oxygen atoms in total. The molecule has 33 heavy (non-hydrogen) atoms. The number of piperidine rings is 1. The number of carboxylic acids is 1. The van der Waals surface area contributed by atoms with Crippen LogP contribution in [0.1, 0.15) is 50.2 Å². The molecule has 4 rings (SSSR count). The Balaban J connectivity index is 1.36. The summed E-state index contributed by atoms with van der Waals surface area (Å²) in [7, 11) is 0. The van der Waals surface area contributed by atoms with Gasteiger partial charge in [0.25, 0.3) is 0 Å². The number of ether oxygens (including phenoxy) is 1. The summed E-state index contributed by atoms with van der Waals surface area (Å²) in [5, 5.41) is 12.2. The molecule has 174 valence electrons. The Hall–Kier alpha value is -3.35. The van der Waals surface area contributed by atoms with Gasteiger partial charge in [-0.15, -0.1) is 0 Å². The smallest absolute Gasteiger partial charge is 0.407 e. The van der Waals surface area contributed by atoms with E-state index < -0.39 is 30.1 Å². The van der Waals surface area contributed by atoms with Crippen LogP contribution < -0.4 is 5.32 Å². The minimum absolute atomic E-state index is 0.0396. The molecule has 1 saturated heterocycles. The molecule has 2 aliphatic rings. The molecule has 0 aromatic heterocycles. The maximum Gasteiger partial charge on any atom is 0.407 e. The van der Waals surface area contributed by atoms with Crippen LogP contribution in [0.3, 0.4) is 0 Å². The molecular weight excluding hydrogens is 420 g/mol. The minimum Gasteiger partial charge on any atom is -0.480 e. The first-order valence-electron chi connectivity index (χ1n) is 11.5. The summed E-state index contributed by atoms with van der Waals surface area (Å²) in [6.45, 7) is 4.08. The van der Waals surface area contributed by atoms with Crippen molar-refractivity contribution in [2.75, 3.05) is 13.2 Å². The average Bonchev–Trinajstić information content (AvgIpc) is 3.15. The molecule has 2 aromatic carbocycles. The van der Waals surface area contributed by atoms with Gasteiger partial charge in [0.1, 0.15) is 12.6 Å². The average molecular weight is 451 g/mol. The Labute approximate surface area is 193 Å². The topological polar surface area (TPSA) is 95.9 Å². The lowest BCUT2D eigenvalue weighted by atomic mass is 9.96. The van der Waals surface area contributed by atoms with Crippen LogP contribution in [0.15, 0.2) is 48.5 Å². The van der Waals surface area contributed by atoms with E-state index >= 15 is 0 Å². The Morgan fingerprint density at radius 2 is 1.64 bits per heavy atom. The molecule has 2 N–H and O–H groups in total. The van der Waals surface area contributed by atoms with Crippen molar-refractivity contribution in [1.29, 1.82) is 0 Å². The molecule has 2 aromatic rings. The van der Waals surface area contributed by atoms with E-state index in [4.69, 9.17) is 4.74 Å². The molecule has 1 heterocycles. The highest BCUT2D eigenvalue weighted by Crippen LogP contribution is 2.44. The molecule has 3 atom stereocenters. The number of nitrogens with zero attached hydrogens (tertiary/aromatic N) is 1. The normalized spacial score (nSPS) is 19.2.